The molecule has 1 fully saturated rings. The van der Waals surface area contributed by atoms with Gasteiger partial charge in [-0.15, -0.1) is 5.10 Å². The van der Waals surface area contributed by atoms with E-state index in [0.29, 0.717) is 17.1 Å². The normalized spacial score (nSPS) is 13.1. The maximum absolute atomic E-state index is 13.3. The van der Waals surface area contributed by atoms with Gasteiger partial charge in [0.25, 0.3) is 11.8 Å². The van der Waals surface area contributed by atoms with Crippen molar-refractivity contribution in [2.45, 2.75) is 19.8 Å². The van der Waals surface area contributed by atoms with Gasteiger partial charge < -0.3 is 10.2 Å². The molecule has 0 atom stereocenters. The van der Waals surface area contributed by atoms with Gasteiger partial charge in [0.15, 0.2) is 5.82 Å². The highest BCUT2D eigenvalue weighted by molar-refractivity contribution is 6.08. The second kappa shape index (κ2) is 9.31. The monoisotopic (exact) mass is 451 g/mol. The van der Waals surface area contributed by atoms with Crippen LogP contribution < -0.4 is 5.32 Å². The number of nitrogens with one attached hydrogen (secondary N) is 1. The molecule has 2 amide bonds. The van der Waals surface area contributed by atoms with Crippen molar-refractivity contribution in [2.75, 3.05) is 18.4 Å². The van der Waals surface area contributed by atoms with Crippen LogP contribution >= 0.6 is 0 Å². The van der Waals surface area contributed by atoms with Crippen LogP contribution in [0.3, 0.4) is 0 Å². The van der Waals surface area contributed by atoms with E-state index in [1.165, 1.54) is 0 Å². The molecule has 170 valence electrons. The Bertz CT molecular complexity index is 1270. The molecule has 1 N–H and O–H groups in total. The molecule has 0 bridgehead atoms. The molecule has 1 saturated heterocycles. The molecule has 1 aromatic heterocycles. The van der Waals surface area contributed by atoms with Gasteiger partial charge in [0, 0.05) is 18.7 Å². The molecule has 1 aliphatic heterocycles. The molecule has 34 heavy (non-hydrogen) atoms. The van der Waals surface area contributed by atoms with Crippen LogP contribution in [0.1, 0.15) is 39.4 Å². The minimum atomic E-state index is -0.461. The molecule has 0 aliphatic carbocycles. The van der Waals surface area contributed by atoms with E-state index in [2.05, 4.69) is 15.4 Å². The van der Waals surface area contributed by atoms with Crippen LogP contribution in [0.2, 0.25) is 0 Å². The zero-order chi connectivity index (χ0) is 23.5. The molecule has 7 heteroatoms. The molecule has 3 aromatic carbocycles. The van der Waals surface area contributed by atoms with Gasteiger partial charge in [-0.1, -0.05) is 60.7 Å². The number of nitrogens with zero attached hydrogens (tertiary/aromatic N) is 4. The number of carbonyl (C=O) groups is 2. The summed E-state index contributed by atoms with van der Waals surface area (Å²) < 4.78 is 1.67. The van der Waals surface area contributed by atoms with E-state index in [4.69, 9.17) is 0 Å². The van der Waals surface area contributed by atoms with Crippen molar-refractivity contribution in [3.8, 4) is 17.1 Å². The van der Waals surface area contributed by atoms with Crippen molar-refractivity contribution < 1.29 is 9.59 Å². The summed E-state index contributed by atoms with van der Waals surface area (Å²) in [4.78, 5) is 32.8. The summed E-state index contributed by atoms with van der Waals surface area (Å²) in [6, 6.07) is 24.7. The fourth-order valence-corrected chi connectivity index (χ4v) is 4.20. The Kier molecular flexibility index (Phi) is 5.91. The van der Waals surface area contributed by atoms with Gasteiger partial charge in [0.2, 0.25) is 5.82 Å². The van der Waals surface area contributed by atoms with Crippen molar-refractivity contribution in [1.29, 1.82) is 0 Å². The Morgan fingerprint density at radius 3 is 2.24 bits per heavy atom. The third-order valence-electron chi connectivity index (χ3n) is 5.98. The number of benzene rings is 3. The topological polar surface area (TPSA) is 80.1 Å². The second-order valence-corrected chi connectivity index (χ2v) is 8.32. The van der Waals surface area contributed by atoms with Crippen LogP contribution in [0.25, 0.3) is 17.1 Å². The van der Waals surface area contributed by atoms with Crippen molar-refractivity contribution in [3.05, 3.63) is 95.8 Å². The van der Waals surface area contributed by atoms with E-state index in [9.17, 15) is 9.59 Å². The first-order chi connectivity index (χ1) is 16.6. The Hall–Kier alpha value is -4.26. The minimum absolute atomic E-state index is 0.0329. The minimum Gasteiger partial charge on any atom is -0.339 e. The number of carbonyl (C=O) groups excluding carboxylic acids is 2. The standard InChI is InChI=1S/C27H25N5O2/c1-19-11-10-16-22(27(34)31-17-8-9-18-31)23(19)28-26(33)24-29-25(20-12-4-2-5-13-20)32(30-24)21-14-6-3-7-15-21/h2-7,10-16H,8-9,17-18H2,1H3,(H,28,33). The zero-order valence-corrected chi connectivity index (χ0v) is 18.9. The highest BCUT2D eigenvalue weighted by Gasteiger charge is 2.25. The van der Waals surface area contributed by atoms with Gasteiger partial charge >= 0.3 is 0 Å². The summed E-state index contributed by atoms with van der Waals surface area (Å²) in [5.41, 5.74) is 3.44. The van der Waals surface area contributed by atoms with Crippen molar-refractivity contribution in [1.82, 2.24) is 19.7 Å². The molecular weight excluding hydrogens is 426 g/mol. The summed E-state index contributed by atoms with van der Waals surface area (Å²) in [5, 5.41) is 7.45. The van der Waals surface area contributed by atoms with Crippen LogP contribution in [0, 0.1) is 6.92 Å². The molecule has 4 aromatic rings. The van der Waals surface area contributed by atoms with E-state index in [0.717, 1.165) is 42.7 Å². The van der Waals surface area contributed by atoms with Gasteiger partial charge in [-0.2, -0.15) is 0 Å². The SMILES string of the molecule is Cc1cccc(C(=O)N2CCCC2)c1NC(=O)c1nc(-c2ccccc2)n(-c2ccccc2)n1. The summed E-state index contributed by atoms with van der Waals surface area (Å²) >= 11 is 0. The lowest BCUT2D eigenvalue weighted by atomic mass is 10.1. The Morgan fingerprint density at radius 2 is 1.53 bits per heavy atom. The molecule has 0 spiro atoms. The number of hydrogen-bond donors (Lipinski definition) is 1. The van der Waals surface area contributed by atoms with E-state index >= 15 is 0 Å². The number of amides is 2. The average Bonchev–Trinajstić information content (AvgIpc) is 3.57. The molecule has 7 nitrogen and oxygen atoms in total. The van der Waals surface area contributed by atoms with E-state index in [1.54, 1.807) is 10.7 Å². The lowest BCUT2D eigenvalue weighted by Crippen LogP contribution is -2.29. The highest BCUT2D eigenvalue weighted by atomic mass is 16.2. The number of anilines is 1. The van der Waals surface area contributed by atoms with Crippen LogP contribution in [-0.2, 0) is 0 Å². The zero-order valence-electron chi connectivity index (χ0n) is 18.9. The number of rotatable bonds is 5. The van der Waals surface area contributed by atoms with Crippen molar-refractivity contribution >= 4 is 17.5 Å². The fraction of sp³-hybridized carbons (Fsp3) is 0.185. The lowest BCUT2D eigenvalue weighted by Gasteiger charge is -2.19. The summed E-state index contributed by atoms with van der Waals surface area (Å²) in [5.74, 6) is 0.0708. The fourth-order valence-electron chi connectivity index (χ4n) is 4.20. The van der Waals surface area contributed by atoms with Gasteiger partial charge in [-0.3, -0.25) is 9.59 Å². The summed E-state index contributed by atoms with van der Waals surface area (Å²) in [7, 11) is 0. The first kappa shape index (κ1) is 21.6. The molecule has 2 heterocycles. The summed E-state index contributed by atoms with van der Waals surface area (Å²) in [6.45, 7) is 3.36. The van der Waals surface area contributed by atoms with Crippen LogP contribution in [0.15, 0.2) is 78.9 Å². The van der Waals surface area contributed by atoms with E-state index in [1.807, 2.05) is 84.6 Å². The largest absolute Gasteiger partial charge is 0.339 e. The summed E-state index contributed by atoms with van der Waals surface area (Å²) in [6.07, 6.45) is 2.00. The smallest absolute Gasteiger partial charge is 0.295 e. The van der Waals surface area contributed by atoms with Crippen LogP contribution in [0.5, 0.6) is 0 Å². The molecule has 0 saturated carbocycles. The van der Waals surface area contributed by atoms with E-state index in [-0.39, 0.29) is 11.7 Å². The number of hydrogen-bond acceptors (Lipinski definition) is 4. The third-order valence-corrected chi connectivity index (χ3v) is 5.98. The van der Waals surface area contributed by atoms with Gasteiger partial charge in [-0.05, 0) is 43.5 Å². The predicted molar refractivity (Wildman–Crippen MR) is 131 cm³/mol. The first-order valence-corrected chi connectivity index (χ1v) is 11.4. The quantitative estimate of drug-likeness (QED) is 0.476. The van der Waals surface area contributed by atoms with Crippen LogP contribution in [0.4, 0.5) is 5.69 Å². The third kappa shape index (κ3) is 4.20. The van der Waals surface area contributed by atoms with Gasteiger partial charge in [0.1, 0.15) is 0 Å². The number of para-hydroxylation sites is 2. The Balaban J connectivity index is 1.51. The first-order valence-electron chi connectivity index (χ1n) is 11.4. The predicted octanol–water partition coefficient (Wildman–Crippen LogP) is 4.73. The lowest BCUT2D eigenvalue weighted by molar-refractivity contribution is 0.0793. The molecule has 5 rings (SSSR count). The Morgan fingerprint density at radius 1 is 0.853 bits per heavy atom. The van der Waals surface area contributed by atoms with E-state index < -0.39 is 5.91 Å². The number of aryl methyl sites for hydroxylation is 1. The highest BCUT2D eigenvalue weighted by Crippen LogP contribution is 2.26. The molecule has 1 aliphatic rings. The number of aromatic nitrogens is 3. The van der Waals surface area contributed by atoms with Crippen LogP contribution in [-0.4, -0.2) is 44.6 Å². The average molecular weight is 452 g/mol. The second-order valence-electron chi connectivity index (χ2n) is 8.32. The number of likely N-dealkylation sites (tertiary alicyclic amines) is 1. The molecular formula is C27H25N5O2. The maximum atomic E-state index is 13.3. The van der Waals surface area contributed by atoms with Gasteiger partial charge in [0.05, 0.1) is 16.9 Å². The van der Waals surface area contributed by atoms with Gasteiger partial charge in [-0.25, -0.2) is 9.67 Å². The molecule has 0 radical (unpaired) electrons. The van der Waals surface area contributed by atoms with Crippen molar-refractivity contribution in [3.63, 3.8) is 0 Å². The van der Waals surface area contributed by atoms with Crippen molar-refractivity contribution in [2.24, 2.45) is 0 Å². The Labute approximate surface area is 198 Å². The molecule has 0 unspecified atom stereocenters. The maximum Gasteiger partial charge on any atom is 0.295 e.